The van der Waals surface area contributed by atoms with Gasteiger partial charge in [0, 0.05) is 10.9 Å². The van der Waals surface area contributed by atoms with Crippen LogP contribution < -0.4 is 9.46 Å². The molecule has 27 heavy (non-hydrogen) atoms. The van der Waals surface area contributed by atoms with Gasteiger partial charge < -0.3 is 4.74 Å². The number of ether oxygens (including phenoxy) is 1. The Bertz CT molecular complexity index is 1220. The van der Waals surface area contributed by atoms with Gasteiger partial charge in [-0.15, -0.1) is 11.3 Å². The predicted octanol–water partition coefficient (Wildman–Crippen LogP) is 4.77. The third kappa shape index (κ3) is 3.65. The Labute approximate surface area is 161 Å². The van der Waals surface area contributed by atoms with Gasteiger partial charge >= 0.3 is 0 Å². The minimum atomic E-state index is -3.71. The van der Waals surface area contributed by atoms with Crippen LogP contribution in [0.15, 0.2) is 77.0 Å². The predicted molar refractivity (Wildman–Crippen MR) is 109 cm³/mol. The minimum absolute atomic E-state index is 0.208. The standard InChI is InChI=1S/C20H16N2O3S2/c1-25-17-8-4-7-16(11-17)19-13-26-20(21-19)22-27(23,24)18-10-9-14-5-2-3-6-15(14)12-18/h2-13H,1H3,(H,21,22). The van der Waals surface area contributed by atoms with Crippen LogP contribution in [0.25, 0.3) is 22.0 Å². The number of aromatic nitrogens is 1. The fourth-order valence-electron chi connectivity index (χ4n) is 2.74. The summed E-state index contributed by atoms with van der Waals surface area (Å²) in [6, 6.07) is 20.2. The Hall–Kier alpha value is -2.90. The second-order valence-electron chi connectivity index (χ2n) is 5.88. The van der Waals surface area contributed by atoms with Crippen LogP contribution in [0.3, 0.4) is 0 Å². The van der Waals surface area contributed by atoms with Crippen LogP contribution >= 0.6 is 11.3 Å². The van der Waals surface area contributed by atoms with Crippen molar-refractivity contribution >= 4 is 37.3 Å². The number of hydrogen-bond acceptors (Lipinski definition) is 5. The van der Waals surface area contributed by atoms with Gasteiger partial charge in [-0.2, -0.15) is 0 Å². The first-order valence-corrected chi connectivity index (χ1v) is 10.5. The fourth-order valence-corrected chi connectivity index (χ4v) is 4.75. The number of thiazole rings is 1. The van der Waals surface area contributed by atoms with E-state index in [0.29, 0.717) is 10.8 Å². The average molecular weight is 396 g/mol. The zero-order chi connectivity index (χ0) is 18.9. The van der Waals surface area contributed by atoms with Crippen LogP contribution in [-0.4, -0.2) is 20.5 Å². The lowest BCUT2D eigenvalue weighted by molar-refractivity contribution is 0.415. The molecule has 0 aliphatic rings. The van der Waals surface area contributed by atoms with Gasteiger partial charge in [0.25, 0.3) is 10.0 Å². The van der Waals surface area contributed by atoms with Gasteiger partial charge in [-0.05, 0) is 35.0 Å². The second-order valence-corrected chi connectivity index (χ2v) is 8.42. The van der Waals surface area contributed by atoms with Gasteiger partial charge in [0.1, 0.15) is 5.75 Å². The molecule has 0 bridgehead atoms. The maximum absolute atomic E-state index is 12.7. The summed E-state index contributed by atoms with van der Waals surface area (Å²) in [7, 11) is -2.11. The van der Waals surface area contributed by atoms with E-state index in [1.54, 1.807) is 25.3 Å². The summed E-state index contributed by atoms with van der Waals surface area (Å²) in [6.45, 7) is 0. The molecule has 4 rings (SSSR count). The second kappa shape index (κ2) is 7.02. The van der Waals surface area contributed by atoms with Crippen molar-refractivity contribution in [3.8, 4) is 17.0 Å². The summed E-state index contributed by atoms with van der Waals surface area (Å²) >= 11 is 1.24. The minimum Gasteiger partial charge on any atom is -0.497 e. The number of rotatable bonds is 5. The van der Waals surface area contributed by atoms with E-state index in [9.17, 15) is 8.42 Å². The largest absolute Gasteiger partial charge is 0.497 e. The van der Waals surface area contributed by atoms with Crippen molar-refractivity contribution in [3.63, 3.8) is 0 Å². The molecular weight excluding hydrogens is 380 g/mol. The fraction of sp³-hybridized carbons (Fsp3) is 0.0500. The average Bonchev–Trinajstić information content (AvgIpc) is 3.15. The van der Waals surface area contributed by atoms with Gasteiger partial charge in [-0.25, -0.2) is 13.4 Å². The smallest absolute Gasteiger partial charge is 0.263 e. The molecule has 0 spiro atoms. The van der Waals surface area contributed by atoms with Crippen LogP contribution in [0.2, 0.25) is 0 Å². The number of benzene rings is 3. The molecule has 136 valence electrons. The molecule has 1 aromatic heterocycles. The molecule has 7 heteroatoms. The molecule has 3 aromatic carbocycles. The van der Waals surface area contributed by atoms with E-state index in [0.717, 1.165) is 22.1 Å². The van der Waals surface area contributed by atoms with Crippen molar-refractivity contribution in [1.82, 2.24) is 4.98 Å². The molecule has 0 saturated heterocycles. The lowest BCUT2D eigenvalue weighted by Gasteiger charge is -2.06. The highest BCUT2D eigenvalue weighted by molar-refractivity contribution is 7.93. The monoisotopic (exact) mass is 396 g/mol. The zero-order valence-electron chi connectivity index (χ0n) is 14.4. The third-order valence-electron chi connectivity index (χ3n) is 4.12. The summed E-state index contributed by atoms with van der Waals surface area (Å²) in [5.41, 5.74) is 1.55. The maximum atomic E-state index is 12.7. The number of nitrogens with zero attached hydrogens (tertiary/aromatic N) is 1. The van der Waals surface area contributed by atoms with E-state index in [-0.39, 0.29) is 4.90 Å². The molecule has 1 heterocycles. The number of sulfonamides is 1. The SMILES string of the molecule is COc1cccc(-c2csc(NS(=O)(=O)c3ccc4ccccc4c3)n2)c1. The van der Waals surface area contributed by atoms with Crippen molar-refractivity contribution < 1.29 is 13.2 Å². The van der Waals surface area contributed by atoms with E-state index in [2.05, 4.69) is 9.71 Å². The number of anilines is 1. The molecule has 5 nitrogen and oxygen atoms in total. The molecule has 0 unspecified atom stereocenters. The number of hydrogen-bond donors (Lipinski definition) is 1. The summed E-state index contributed by atoms with van der Waals surface area (Å²) in [5, 5.41) is 4.00. The van der Waals surface area contributed by atoms with Crippen molar-refractivity contribution in [1.29, 1.82) is 0 Å². The Morgan fingerprint density at radius 1 is 0.963 bits per heavy atom. The highest BCUT2D eigenvalue weighted by Gasteiger charge is 2.17. The Kier molecular flexibility index (Phi) is 4.55. The number of fused-ring (bicyclic) bond motifs is 1. The first-order chi connectivity index (χ1) is 13.0. The lowest BCUT2D eigenvalue weighted by atomic mass is 10.1. The molecule has 0 aliphatic carbocycles. The lowest BCUT2D eigenvalue weighted by Crippen LogP contribution is -2.12. The Morgan fingerprint density at radius 2 is 1.78 bits per heavy atom. The van der Waals surface area contributed by atoms with Crippen molar-refractivity contribution in [2.24, 2.45) is 0 Å². The summed E-state index contributed by atoms with van der Waals surface area (Å²) in [5.74, 6) is 0.721. The molecule has 0 atom stereocenters. The van der Waals surface area contributed by atoms with E-state index < -0.39 is 10.0 Å². The molecule has 0 amide bonds. The van der Waals surface area contributed by atoms with Crippen molar-refractivity contribution in [2.75, 3.05) is 11.8 Å². The molecule has 4 aromatic rings. The van der Waals surface area contributed by atoms with E-state index in [1.165, 1.54) is 11.3 Å². The normalized spacial score (nSPS) is 11.4. The van der Waals surface area contributed by atoms with Crippen LogP contribution in [0.5, 0.6) is 5.75 Å². The first kappa shape index (κ1) is 17.5. The highest BCUT2D eigenvalue weighted by atomic mass is 32.2. The van der Waals surface area contributed by atoms with E-state index in [4.69, 9.17) is 4.74 Å². The van der Waals surface area contributed by atoms with Gasteiger partial charge in [0.2, 0.25) is 0 Å². The number of nitrogens with one attached hydrogen (secondary N) is 1. The van der Waals surface area contributed by atoms with Gasteiger partial charge in [-0.1, -0.05) is 42.5 Å². The van der Waals surface area contributed by atoms with Gasteiger partial charge in [0.05, 0.1) is 17.7 Å². The molecule has 0 radical (unpaired) electrons. The molecule has 0 saturated carbocycles. The topological polar surface area (TPSA) is 68.3 Å². The number of methoxy groups -OCH3 is 1. The Morgan fingerprint density at radius 3 is 2.59 bits per heavy atom. The molecule has 0 aliphatic heterocycles. The van der Waals surface area contributed by atoms with E-state index >= 15 is 0 Å². The van der Waals surface area contributed by atoms with Crippen molar-refractivity contribution in [2.45, 2.75) is 4.90 Å². The molecule has 0 fully saturated rings. The van der Waals surface area contributed by atoms with Crippen LogP contribution in [0.1, 0.15) is 0 Å². The molecular formula is C20H16N2O3S2. The third-order valence-corrected chi connectivity index (χ3v) is 6.35. The highest BCUT2D eigenvalue weighted by Crippen LogP contribution is 2.29. The van der Waals surface area contributed by atoms with Crippen LogP contribution in [0.4, 0.5) is 5.13 Å². The van der Waals surface area contributed by atoms with Gasteiger partial charge in [0.15, 0.2) is 5.13 Å². The quantitative estimate of drug-likeness (QED) is 0.527. The van der Waals surface area contributed by atoms with Crippen LogP contribution in [0, 0.1) is 0 Å². The zero-order valence-corrected chi connectivity index (χ0v) is 16.0. The summed E-state index contributed by atoms with van der Waals surface area (Å²) in [6.07, 6.45) is 0. The van der Waals surface area contributed by atoms with Crippen LogP contribution in [-0.2, 0) is 10.0 Å². The maximum Gasteiger partial charge on any atom is 0.263 e. The van der Waals surface area contributed by atoms with Gasteiger partial charge in [-0.3, -0.25) is 4.72 Å². The Balaban J connectivity index is 1.61. The first-order valence-electron chi connectivity index (χ1n) is 8.17. The van der Waals surface area contributed by atoms with E-state index in [1.807, 2.05) is 53.9 Å². The summed E-state index contributed by atoms with van der Waals surface area (Å²) in [4.78, 5) is 4.61. The molecule has 1 N–H and O–H groups in total. The summed E-state index contributed by atoms with van der Waals surface area (Å²) < 4.78 is 33.2. The van der Waals surface area contributed by atoms with Crippen molar-refractivity contribution in [3.05, 3.63) is 72.1 Å².